The molecule has 0 spiro atoms. The molecule has 28 heavy (non-hydrogen) atoms. The molecule has 3 aromatic rings. The summed E-state index contributed by atoms with van der Waals surface area (Å²) >= 11 is -0.646. The van der Waals surface area contributed by atoms with Gasteiger partial charge in [-0.15, -0.1) is 0 Å². The smallest absolute Gasteiger partial charge is 0.289 e. The van der Waals surface area contributed by atoms with Crippen LogP contribution in [0.25, 0.3) is 21.9 Å². The number of rotatable bonds is 3. The van der Waals surface area contributed by atoms with Crippen molar-refractivity contribution in [2.24, 2.45) is 0 Å². The number of nitrogens with one attached hydrogen (secondary N) is 1. The third kappa shape index (κ3) is 4.59. The summed E-state index contributed by atoms with van der Waals surface area (Å²) in [7, 11) is 0. The highest BCUT2D eigenvalue weighted by atomic mass is 32.2. The zero-order chi connectivity index (χ0) is 20.5. The van der Waals surface area contributed by atoms with E-state index < -0.39 is 35.1 Å². The van der Waals surface area contributed by atoms with Crippen molar-refractivity contribution in [3.8, 4) is 11.1 Å². The van der Waals surface area contributed by atoms with Gasteiger partial charge in [-0.25, -0.2) is 0 Å². The summed E-state index contributed by atoms with van der Waals surface area (Å²) in [6.07, 6.45) is -4.44. The Bertz CT molecular complexity index is 1010. The number of carbonyl (C=O) groups excluding carboxylic acids is 1. The van der Waals surface area contributed by atoms with E-state index in [2.05, 4.69) is 0 Å². The van der Waals surface area contributed by atoms with Gasteiger partial charge in [-0.2, -0.15) is 26.3 Å². The van der Waals surface area contributed by atoms with Crippen molar-refractivity contribution in [2.75, 3.05) is 0 Å². The normalized spacial score (nSPS) is 12.2. The molecule has 0 bridgehead atoms. The lowest BCUT2D eigenvalue weighted by molar-refractivity contribution is -0.137. The summed E-state index contributed by atoms with van der Waals surface area (Å²) in [5, 5.41) is 1.23. The lowest BCUT2D eigenvalue weighted by atomic mass is 9.96. The molecule has 0 aliphatic rings. The highest BCUT2D eigenvalue weighted by molar-refractivity contribution is 7.98. The number of alkyl halides is 6. The van der Waals surface area contributed by atoms with Crippen LogP contribution in [-0.2, 0) is 6.18 Å². The van der Waals surface area contributed by atoms with Gasteiger partial charge in [-0.3, -0.25) is 9.52 Å². The maximum absolute atomic E-state index is 12.7. The van der Waals surface area contributed by atoms with Gasteiger partial charge in [0.05, 0.1) is 17.5 Å². The summed E-state index contributed by atoms with van der Waals surface area (Å²) in [6.45, 7) is 0. The van der Waals surface area contributed by atoms with Gasteiger partial charge in [0.25, 0.3) is 5.91 Å². The average Bonchev–Trinajstić information content (AvgIpc) is 2.64. The third-order valence-electron chi connectivity index (χ3n) is 3.93. The standard InChI is InChI=1S/C19H11F6NOS/c20-18(21,22)14-7-4-11(5-8-14)15-3-1-2-12-10-13(6-9-16(12)15)17(27)26-28-19(23,24)25/h1-10H,(H,26,27). The minimum atomic E-state index is -4.59. The van der Waals surface area contributed by atoms with Gasteiger partial charge in [0.2, 0.25) is 0 Å². The molecule has 0 aliphatic carbocycles. The Morgan fingerprint density at radius 3 is 2.14 bits per heavy atom. The molecule has 0 atom stereocenters. The van der Waals surface area contributed by atoms with Gasteiger partial charge in [0.15, 0.2) is 0 Å². The van der Waals surface area contributed by atoms with Crippen LogP contribution >= 0.6 is 11.9 Å². The van der Waals surface area contributed by atoms with Gasteiger partial charge >= 0.3 is 11.7 Å². The molecule has 1 N–H and O–H groups in total. The predicted molar refractivity (Wildman–Crippen MR) is 95.5 cm³/mol. The first-order chi connectivity index (χ1) is 13.0. The van der Waals surface area contributed by atoms with Crippen LogP contribution in [0, 0.1) is 0 Å². The molecule has 0 fully saturated rings. The number of hydrogen-bond acceptors (Lipinski definition) is 2. The maximum atomic E-state index is 12.7. The molecule has 9 heteroatoms. The van der Waals surface area contributed by atoms with Crippen molar-refractivity contribution in [1.82, 2.24) is 4.72 Å². The Morgan fingerprint density at radius 2 is 1.54 bits per heavy atom. The van der Waals surface area contributed by atoms with Gasteiger partial charge in [0.1, 0.15) is 0 Å². The molecule has 3 aromatic carbocycles. The molecule has 0 unspecified atom stereocenters. The fourth-order valence-corrected chi connectivity index (χ4v) is 3.00. The van der Waals surface area contributed by atoms with E-state index >= 15 is 0 Å². The topological polar surface area (TPSA) is 29.1 Å². The highest BCUT2D eigenvalue weighted by Gasteiger charge is 2.31. The fraction of sp³-hybridized carbons (Fsp3) is 0.105. The average molecular weight is 415 g/mol. The zero-order valence-electron chi connectivity index (χ0n) is 13.9. The van der Waals surface area contributed by atoms with E-state index in [1.807, 2.05) is 0 Å². The van der Waals surface area contributed by atoms with Crippen LogP contribution < -0.4 is 4.72 Å². The second kappa shape index (κ2) is 7.38. The van der Waals surface area contributed by atoms with E-state index in [-0.39, 0.29) is 5.56 Å². The fourth-order valence-electron chi connectivity index (χ4n) is 2.68. The summed E-state index contributed by atoms with van der Waals surface area (Å²) < 4.78 is 76.5. The van der Waals surface area contributed by atoms with Crippen molar-refractivity contribution in [3.63, 3.8) is 0 Å². The molecule has 0 radical (unpaired) electrons. The molecule has 0 aromatic heterocycles. The molecular formula is C19H11F6NOS. The maximum Gasteiger partial charge on any atom is 0.461 e. The highest BCUT2D eigenvalue weighted by Crippen LogP contribution is 2.34. The number of fused-ring (bicyclic) bond motifs is 1. The SMILES string of the molecule is O=C(NSC(F)(F)F)c1ccc2c(-c3ccc(C(F)(F)F)cc3)cccc2c1. The third-order valence-corrected chi connectivity index (χ3v) is 4.44. The molecule has 0 saturated carbocycles. The summed E-state index contributed by atoms with van der Waals surface area (Å²) in [5.74, 6) is -0.899. The molecule has 3 rings (SSSR count). The Morgan fingerprint density at radius 1 is 0.857 bits per heavy atom. The van der Waals surface area contributed by atoms with Gasteiger partial charge in [-0.05, 0) is 46.2 Å². The quantitative estimate of drug-likeness (QED) is 0.395. The van der Waals surface area contributed by atoms with Crippen LogP contribution in [0.3, 0.4) is 0 Å². The van der Waals surface area contributed by atoms with Gasteiger partial charge < -0.3 is 0 Å². The lowest BCUT2D eigenvalue weighted by Gasteiger charge is -2.11. The van der Waals surface area contributed by atoms with Crippen molar-refractivity contribution >= 4 is 28.6 Å². The summed E-state index contributed by atoms with van der Waals surface area (Å²) in [5.41, 5.74) is -4.14. The van der Waals surface area contributed by atoms with Crippen LogP contribution in [0.15, 0.2) is 60.7 Å². The number of benzene rings is 3. The predicted octanol–water partition coefficient (Wildman–Crippen LogP) is 6.42. The Hall–Kier alpha value is -2.68. The monoisotopic (exact) mass is 415 g/mol. The van der Waals surface area contributed by atoms with Crippen LogP contribution in [0.5, 0.6) is 0 Å². The first kappa shape index (κ1) is 20.1. The minimum Gasteiger partial charge on any atom is -0.289 e. The van der Waals surface area contributed by atoms with E-state index in [9.17, 15) is 31.1 Å². The van der Waals surface area contributed by atoms with E-state index in [0.29, 0.717) is 21.9 Å². The van der Waals surface area contributed by atoms with Crippen molar-refractivity contribution in [1.29, 1.82) is 0 Å². The van der Waals surface area contributed by atoms with E-state index in [1.54, 1.807) is 29.0 Å². The van der Waals surface area contributed by atoms with Crippen molar-refractivity contribution in [2.45, 2.75) is 11.7 Å². The molecular weight excluding hydrogens is 404 g/mol. The number of hydrogen-bond donors (Lipinski definition) is 1. The molecule has 2 nitrogen and oxygen atoms in total. The van der Waals surface area contributed by atoms with E-state index in [4.69, 9.17) is 0 Å². The van der Waals surface area contributed by atoms with Crippen molar-refractivity contribution < 1.29 is 31.1 Å². The Labute approximate surface area is 159 Å². The van der Waals surface area contributed by atoms with Crippen LogP contribution in [0.1, 0.15) is 15.9 Å². The molecule has 146 valence electrons. The van der Waals surface area contributed by atoms with Crippen LogP contribution in [0.2, 0.25) is 0 Å². The zero-order valence-corrected chi connectivity index (χ0v) is 14.7. The lowest BCUT2D eigenvalue weighted by Crippen LogP contribution is -2.20. The van der Waals surface area contributed by atoms with E-state index in [0.717, 1.165) is 12.1 Å². The van der Waals surface area contributed by atoms with E-state index in [1.165, 1.54) is 24.3 Å². The van der Waals surface area contributed by atoms with Crippen molar-refractivity contribution in [3.05, 3.63) is 71.8 Å². The minimum absolute atomic E-state index is 0.0359. The molecule has 1 amide bonds. The Kier molecular flexibility index (Phi) is 5.29. The second-order valence-corrected chi connectivity index (χ2v) is 6.67. The van der Waals surface area contributed by atoms with Crippen LogP contribution in [-0.4, -0.2) is 11.4 Å². The van der Waals surface area contributed by atoms with Gasteiger partial charge in [-0.1, -0.05) is 36.4 Å². The van der Waals surface area contributed by atoms with Crippen LogP contribution in [0.4, 0.5) is 26.3 Å². The first-order valence-electron chi connectivity index (χ1n) is 7.80. The molecule has 0 aliphatic heterocycles. The molecule has 0 saturated heterocycles. The largest absolute Gasteiger partial charge is 0.461 e. The number of amides is 1. The number of halogens is 6. The number of carbonyl (C=O) groups is 1. The molecule has 0 heterocycles. The summed E-state index contributed by atoms with van der Waals surface area (Å²) in [6, 6.07) is 14.0. The Balaban J connectivity index is 1.93. The first-order valence-corrected chi connectivity index (χ1v) is 8.62. The second-order valence-electron chi connectivity index (χ2n) is 5.80. The van der Waals surface area contributed by atoms with Gasteiger partial charge in [0, 0.05) is 5.56 Å². The summed E-state index contributed by atoms with van der Waals surface area (Å²) in [4.78, 5) is 11.9.